The molecule has 0 fully saturated rings. The van der Waals surface area contributed by atoms with Gasteiger partial charge in [0.15, 0.2) is 0 Å². The minimum absolute atomic E-state index is 0.809. The van der Waals surface area contributed by atoms with Crippen LogP contribution in [0.4, 0.5) is 0 Å². The largest absolute Gasteiger partial charge is 0.298 e. The van der Waals surface area contributed by atoms with Crippen molar-refractivity contribution in [3.8, 4) is 0 Å². The Kier molecular flexibility index (Phi) is 1.31. The van der Waals surface area contributed by atoms with Gasteiger partial charge >= 0.3 is 0 Å². The van der Waals surface area contributed by atoms with E-state index in [1.807, 2.05) is 12.2 Å². The van der Waals surface area contributed by atoms with E-state index in [-0.39, 0.29) is 0 Å². The zero-order valence-corrected chi connectivity index (χ0v) is 3.89. The van der Waals surface area contributed by atoms with E-state index in [0.717, 1.165) is 6.54 Å². The van der Waals surface area contributed by atoms with Gasteiger partial charge in [-0.05, 0) is 0 Å². The van der Waals surface area contributed by atoms with Gasteiger partial charge in [0.2, 0.25) is 0 Å². The predicted molar refractivity (Wildman–Crippen MR) is 29.1 cm³/mol. The van der Waals surface area contributed by atoms with Crippen LogP contribution in [0.25, 0.3) is 0 Å². The van der Waals surface area contributed by atoms with Crippen molar-refractivity contribution in [2.45, 2.75) is 0 Å². The SMILES string of the molecule is C1=CC=CCNN=1. The third-order valence-corrected chi connectivity index (χ3v) is 0.660. The Labute approximate surface area is 42.2 Å². The molecule has 0 aliphatic carbocycles. The summed E-state index contributed by atoms with van der Waals surface area (Å²) in [5, 5.41) is 3.65. The summed E-state index contributed by atoms with van der Waals surface area (Å²) in [7, 11) is 0. The molecule has 0 atom stereocenters. The fraction of sp³-hybridized carbons (Fsp3) is 0.200. The maximum Gasteiger partial charge on any atom is 0.0521 e. The third-order valence-electron chi connectivity index (χ3n) is 0.660. The van der Waals surface area contributed by atoms with Crippen LogP contribution in [0.1, 0.15) is 0 Å². The van der Waals surface area contributed by atoms with Gasteiger partial charge in [-0.25, -0.2) is 0 Å². The Bertz CT molecular complexity index is 129. The molecule has 1 aliphatic heterocycles. The standard InChI is InChI=1S/C5H6N2/c1-2-4-6-7-5-3-1/h1-3,6H,4H2. The van der Waals surface area contributed by atoms with Crippen LogP contribution in [0.15, 0.2) is 23.3 Å². The molecule has 0 saturated carbocycles. The summed E-state index contributed by atoms with van der Waals surface area (Å²) in [5.74, 6) is 2.65. The molecular weight excluding hydrogens is 88.1 g/mol. The molecule has 1 N–H and O–H groups in total. The van der Waals surface area contributed by atoms with Gasteiger partial charge in [-0.1, -0.05) is 12.2 Å². The molecule has 1 heterocycles. The molecule has 0 saturated heterocycles. The maximum atomic E-state index is 3.65. The van der Waals surface area contributed by atoms with Crippen molar-refractivity contribution in [1.29, 1.82) is 0 Å². The average molecular weight is 94.1 g/mol. The molecule has 0 aromatic rings. The first-order chi connectivity index (χ1) is 3.50. The van der Waals surface area contributed by atoms with Crippen molar-refractivity contribution in [3.05, 3.63) is 18.2 Å². The minimum atomic E-state index is 0.809. The van der Waals surface area contributed by atoms with Gasteiger partial charge in [-0.15, -0.1) is 5.10 Å². The highest BCUT2D eigenvalue weighted by atomic mass is 15.3. The lowest BCUT2D eigenvalue weighted by Crippen LogP contribution is -2.01. The molecule has 0 bridgehead atoms. The second kappa shape index (κ2) is 2.21. The van der Waals surface area contributed by atoms with Crippen molar-refractivity contribution < 1.29 is 0 Å². The fourth-order valence-corrected chi connectivity index (χ4v) is 0.360. The number of nitrogens with one attached hydrogen (secondary N) is 1. The predicted octanol–water partition coefficient (Wildman–Crippen LogP) is 0.287. The van der Waals surface area contributed by atoms with E-state index in [2.05, 4.69) is 16.4 Å². The minimum Gasteiger partial charge on any atom is -0.298 e. The summed E-state index contributed by atoms with van der Waals surface area (Å²) in [6, 6.07) is 0. The second-order valence-corrected chi connectivity index (χ2v) is 1.20. The molecule has 2 nitrogen and oxygen atoms in total. The Morgan fingerprint density at radius 1 is 1.71 bits per heavy atom. The lowest BCUT2D eigenvalue weighted by Gasteiger charge is -1.83. The topological polar surface area (TPSA) is 24.4 Å². The number of rotatable bonds is 0. The zero-order valence-electron chi connectivity index (χ0n) is 3.89. The number of nitrogens with zero attached hydrogens (tertiary/aromatic N) is 1. The molecule has 0 aromatic carbocycles. The van der Waals surface area contributed by atoms with Gasteiger partial charge in [0, 0.05) is 11.9 Å². The molecule has 1 rings (SSSR count). The van der Waals surface area contributed by atoms with E-state index in [9.17, 15) is 0 Å². The van der Waals surface area contributed by atoms with Gasteiger partial charge in [-0.2, -0.15) is 0 Å². The van der Waals surface area contributed by atoms with Gasteiger partial charge < -0.3 is 0 Å². The number of hydrogen-bond acceptors (Lipinski definition) is 2. The number of hydrogen-bond donors (Lipinski definition) is 1. The Hall–Kier alpha value is -1.01. The van der Waals surface area contributed by atoms with Crippen LogP contribution < -0.4 is 5.43 Å². The molecule has 0 amide bonds. The van der Waals surface area contributed by atoms with E-state index < -0.39 is 0 Å². The van der Waals surface area contributed by atoms with E-state index in [1.54, 1.807) is 6.08 Å². The maximum absolute atomic E-state index is 3.65. The van der Waals surface area contributed by atoms with E-state index in [1.165, 1.54) is 0 Å². The first kappa shape index (κ1) is 4.16. The van der Waals surface area contributed by atoms with Gasteiger partial charge in [0.25, 0.3) is 0 Å². The monoisotopic (exact) mass is 94.1 g/mol. The lowest BCUT2D eigenvalue weighted by atomic mass is 10.5. The van der Waals surface area contributed by atoms with E-state index in [0.29, 0.717) is 0 Å². The molecule has 0 spiro atoms. The van der Waals surface area contributed by atoms with Crippen LogP contribution in [0.5, 0.6) is 0 Å². The van der Waals surface area contributed by atoms with Gasteiger partial charge in [0.05, 0.1) is 6.54 Å². The average Bonchev–Trinajstić information content (AvgIpc) is 1.90. The van der Waals surface area contributed by atoms with Crippen LogP contribution >= 0.6 is 0 Å². The molecule has 0 aromatic heterocycles. The van der Waals surface area contributed by atoms with Crippen LogP contribution in [-0.2, 0) is 0 Å². The third kappa shape index (κ3) is 1.24. The molecule has 7 heavy (non-hydrogen) atoms. The highest BCUT2D eigenvalue weighted by Gasteiger charge is 1.71. The molecule has 0 radical (unpaired) electrons. The van der Waals surface area contributed by atoms with Crippen molar-refractivity contribution >= 4 is 5.87 Å². The highest BCUT2D eigenvalue weighted by molar-refractivity contribution is 5.54. The van der Waals surface area contributed by atoms with Crippen LogP contribution in [-0.4, -0.2) is 12.4 Å². The fourth-order valence-electron chi connectivity index (χ4n) is 0.360. The zero-order chi connectivity index (χ0) is 4.95. The Morgan fingerprint density at radius 3 is 3.71 bits per heavy atom. The second-order valence-electron chi connectivity index (χ2n) is 1.20. The van der Waals surface area contributed by atoms with Gasteiger partial charge in [-0.3, -0.25) is 5.43 Å². The number of hydrazone groups is 1. The normalized spacial score (nSPS) is 16.0. The molecule has 1 aliphatic rings. The molecule has 2 heteroatoms. The lowest BCUT2D eigenvalue weighted by molar-refractivity contribution is 0.835. The first-order valence-electron chi connectivity index (χ1n) is 2.16. The number of allylic oxidation sites excluding steroid dienone is 2. The summed E-state index contributed by atoms with van der Waals surface area (Å²) in [6.07, 6.45) is 5.65. The first-order valence-corrected chi connectivity index (χ1v) is 2.16. The summed E-state index contributed by atoms with van der Waals surface area (Å²) in [6.45, 7) is 0.809. The van der Waals surface area contributed by atoms with Crippen molar-refractivity contribution in [2.75, 3.05) is 6.54 Å². The van der Waals surface area contributed by atoms with Crippen molar-refractivity contribution in [2.24, 2.45) is 5.10 Å². The van der Waals surface area contributed by atoms with Crippen molar-refractivity contribution in [1.82, 2.24) is 5.43 Å². The van der Waals surface area contributed by atoms with E-state index >= 15 is 0 Å². The van der Waals surface area contributed by atoms with Crippen LogP contribution in [0, 0.1) is 0 Å². The highest BCUT2D eigenvalue weighted by Crippen LogP contribution is 1.73. The van der Waals surface area contributed by atoms with Crippen LogP contribution in [0.2, 0.25) is 0 Å². The Balaban J connectivity index is 2.65. The van der Waals surface area contributed by atoms with Crippen LogP contribution in [0.3, 0.4) is 0 Å². The summed E-state index contributed by atoms with van der Waals surface area (Å²) in [4.78, 5) is 0. The summed E-state index contributed by atoms with van der Waals surface area (Å²) in [5.41, 5.74) is 2.74. The molecule has 0 unspecified atom stereocenters. The quantitative estimate of drug-likeness (QED) is 0.458. The summed E-state index contributed by atoms with van der Waals surface area (Å²) < 4.78 is 0. The summed E-state index contributed by atoms with van der Waals surface area (Å²) >= 11 is 0. The van der Waals surface area contributed by atoms with Gasteiger partial charge in [0.1, 0.15) is 0 Å². The molecular formula is C5H6N2. The van der Waals surface area contributed by atoms with Crippen molar-refractivity contribution in [3.63, 3.8) is 0 Å². The van der Waals surface area contributed by atoms with E-state index in [4.69, 9.17) is 0 Å². The smallest absolute Gasteiger partial charge is 0.0521 e. The molecule has 36 valence electrons. The Morgan fingerprint density at radius 2 is 2.71 bits per heavy atom.